The summed E-state index contributed by atoms with van der Waals surface area (Å²) in [6.45, 7) is 4.82. The number of hydrogen-bond donors (Lipinski definition) is 2. The Labute approximate surface area is 157 Å². The van der Waals surface area contributed by atoms with Gasteiger partial charge in [0.05, 0.1) is 22.9 Å². The zero-order valence-corrected chi connectivity index (χ0v) is 15.7. The molecule has 0 aliphatic heterocycles. The van der Waals surface area contributed by atoms with Gasteiger partial charge in [-0.15, -0.1) is 0 Å². The highest BCUT2D eigenvalue weighted by atomic mass is 35.5. The van der Waals surface area contributed by atoms with Gasteiger partial charge in [0.1, 0.15) is 0 Å². The highest BCUT2D eigenvalue weighted by Crippen LogP contribution is 2.21. The summed E-state index contributed by atoms with van der Waals surface area (Å²) in [4.78, 5) is 0. The van der Waals surface area contributed by atoms with Crippen LogP contribution in [0.1, 0.15) is 17.0 Å². The quantitative estimate of drug-likeness (QED) is 0.633. The van der Waals surface area contributed by atoms with E-state index in [0.29, 0.717) is 10.1 Å². The summed E-state index contributed by atoms with van der Waals surface area (Å²) in [5.74, 6) is 0. The molecule has 25 heavy (non-hydrogen) atoms. The number of rotatable bonds is 4. The molecule has 0 bridgehead atoms. The highest BCUT2D eigenvalue weighted by Gasteiger charge is 2.04. The number of nitrogens with zero attached hydrogens (tertiary/aromatic N) is 2. The van der Waals surface area contributed by atoms with E-state index in [-0.39, 0.29) is 0 Å². The summed E-state index contributed by atoms with van der Waals surface area (Å²) < 4.78 is 2.00. The van der Waals surface area contributed by atoms with Crippen LogP contribution >= 0.6 is 23.8 Å². The third-order valence-corrected chi connectivity index (χ3v) is 4.30. The maximum absolute atomic E-state index is 6.13. The monoisotopic (exact) mass is 370 g/mol. The molecule has 0 spiro atoms. The number of anilines is 2. The topological polar surface area (TPSA) is 41.9 Å². The molecular formula is C19H19ClN4S. The van der Waals surface area contributed by atoms with Crippen LogP contribution in [0, 0.1) is 13.8 Å². The normalized spacial score (nSPS) is 10.5. The first-order valence-electron chi connectivity index (χ1n) is 7.94. The summed E-state index contributed by atoms with van der Waals surface area (Å²) >= 11 is 11.5. The van der Waals surface area contributed by atoms with Gasteiger partial charge in [0.2, 0.25) is 0 Å². The van der Waals surface area contributed by atoms with E-state index in [0.717, 1.165) is 29.3 Å². The minimum Gasteiger partial charge on any atom is -0.332 e. The second-order valence-corrected chi connectivity index (χ2v) is 6.66. The number of aryl methyl sites for hydroxylation is 2. The van der Waals surface area contributed by atoms with Gasteiger partial charge < -0.3 is 10.6 Å². The van der Waals surface area contributed by atoms with Crippen LogP contribution in [0.4, 0.5) is 11.4 Å². The summed E-state index contributed by atoms with van der Waals surface area (Å²) in [6.07, 6.45) is 0. The number of thiocarbonyl (C=S) groups is 1. The lowest BCUT2D eigenvalue weighted by molar-refractivity contribution is 0.659. The highest BCUT2D eigenvalue weighted by molar-refractivity contribution is 7.80. The van der Waals surface area contributed by atoms with E-state index in [2.05, 4.69) is 40.9 Å². The zero-order chi connectivity index (χ0) is 17.8. The molecule has 2 N–H and O–H groups in total. The Bertz CT molecular complexity index is 887. The van der Waals surface area contributed by atoms with Crippen LogP contribution in [0.3, 0.4) is 0 Å². The Hall–Kier alpha value is -2.37. The zero-order valence-electron chi connectivity index (χ0n) is 14.1. The van der Waals surface area contributed by atoms with Gasteiger partial charge in [-0.1, -0.05) is 35.9 Å². The average molecular weight is 371 g/mol. The van der Waals surface area contributed by atoms with Gasteiger partial charge >= 0.3 is 0 Å². The Morgan fingerprint density at radius 2 is 1.80 bits per heavy atom. The molecule has 0 aliphatic carbocycles. The fourth-order valence-electron chi connectivity index (χ4n) is 2.55. The smallest absolute Gasteiger partial charge is 0.175 e. The van der Waals surface area contributed by atoms with Crippen LogP contribution < -0.4 is 10.6 Å². The number of para-hydroxylation sites is 1. The second-order valence-electron chi connectivity index (χ2n) is 5.84. The molecular weight excluding hydrogens is 352 g/mol. The summed E-state index contributed by atoms with van der Waals surface area (Å²) in [5, 5.41) is 11.9. The van der Waals surface area contributed by atoms with Crippen molar-refractivity contribution in [2.24, 2.45) is 0 Å². The van der Waals surface area contributed by atoms with Crippen molar-refractivity contribution >= 4 is 40.3 Å². The summed E-state index contributed by atoms with van der Waals surface area (Å²) in [5.41, 5.74) is 5.07. The van der Waals surface area contributed by atoms with E-state index in [4.69, 9.17) is 23.8 Å². The summed E-state index contributed by atoms with van der Waals surface area (Å²) in [6, 6.07) is 17.7. The maximum atomic E-state index is 6.13. The lowest BCUT2D eigenvalue weighted by Crippen LogP contribution is -2.19. The molecule has 1 heterocycles. The Kier molecular flexibility index (Phi) is 5.36. The first kappa shape index (κ1) is 17.5. The molecule has 0 amide bonds. The van der Waals surface area contributed by atoms with Crippen LogP contribution in [0.2, 0.25) is 5.02 Å². The molecule has 0 unspecified atom stereocenters. The minimum atomic E-state index is 0.499. The molecule has 6 heteroatoms. The van der Waals surface area contributed by atoms with Gasteiger partial charge in [-0.3, -0.25) is 4.68 Å². The number of aromatic nitrogens is 2. The molecule has 0 aliphatic rings. The number of benzene rings is 2. The van der Waals surface area contributed by atoms with E-state index < -0.39 is 0 Å². The predicted molar refractivity (Wildman–Crippen MR) is 109 cm³/mol. The van der Waals surface area contributed by atoms with Gasteiger partial charge in [0.15, 0.2) is 5.11 Å². The largest absolute Gasteiger partial charge is 0.332 e. The molecule has 4 nitrogen and oxygen atoms in total. The van der Waals surface area contributed by atoms with Crippen LogP contribution in [-0.2, 0) is 6.54 Å². The Balaban J connectivity index is 1.61. The lowest BCUT2D eigenvalue weighted by Gasteiger charge is -2.12. The van der Waals surface area contributed by atoms with Crippen molar-refractivity contribution in [2.45, 2.75) is 20.4 Å². The first-order chi connectivity index (χ1) is 12.0. The van der Waals surface area contributed by atoms with Crippen LogP contribution in [-0.4, -0.2) is 14.9 Å². The molecule has 0 fully saturated rings. The van der Waals surface area contributed by atoms with Gasteiger partial charge in [0, 0.05) is 11.4 Å². The lowest BCUT2D eigenvalue weighted by atomic mass is 10.2. The molecule has 2 aromatic carbocycles. The van der Waals surface area contributed by atoms with Crippen LogP contribution in [0.15, 0.2) is 54.6 Å². The van der Waals surface area contributed by atoms with Crippen LogP contribution in [0.5, 0.6) is 0 Å². The third kappa shape index (κ3) is 4.59. The van der Waals surface area contributed by atoms with Crippen molar-refractivity contribution in [3.63, 3.8) is 0 Å². The summed E-state index contributed by atoms with van der Waals surface area (Å²) in [7, 11) is 0. The van der Waals surface area contributed by atoms with Gasteiger partial charge in [-0.2, -0.15) is 5.10 Å². The van der Waals surface area contributed by atoms with Crippen molar-refractivity contribution in [1.29, 1.82) is 0 Å². The van der Waals surface area contributed by atoms with Crippen LogP contribution in [0.25, 0.3) is 0 Å². The number of hydrogen-bond acceptors (Lipinski definition) is 2. The fourth-order valence-corrected chi connectivity index (χ4v) is 2.96. The minimum absolute atomic E-state index is 0.499. The van der Waals surface area contributed by atoms with E-state index in [9.17, 15) is 0 Å². The van der Waals surface area contributed by atoms with Crippen molar-refractivity contribution < 1.29 is 0 Å². The van der Waals surface area contributed by atoms with Crippen molar-refractivity contribution in [3.8, 4) is 0 Å². The fraction of sp³-hybridized carbons (Fsp3) is 0.158. The van der Waals surface area contributed by atoms with E-state index >= 15 is 0 Å². The van der Waals surface area contributed by atoms with Gasteiger partial charge in [-0.25, -0.2) is 0 Å². The number of nitrogens with one attached hydrogen (secondary N) is 2. The Morgan fingerprint density at radius 3 is 2.44 bits per heavy atom. The van der Waals surface area contributed by atoms with E-state index in [1.807, 2.05) is 48.0 Å². The first-order valence-corrected chi connectivity index (χ1v) is 8.72. The molecule has 3 aromatic rings. The van der Waals surface area contributed by atoms with Gasteiger partial charge in [-0.05, 0) is 62.0 Å². The molecule has 0 atom stereocenters. The molecule has 3 rings (SSSR count). The molecule has 128 valence electrons. The van der Waals surface area contributed by atoms with Crippen molar-refractivity contribution in [1.82, 2.24) is 9.78 Å². The van der Waals surface area contributed by atoms with E-state index in [1.54, 1.807) is 0 Å². The number of halogens is 1. The standard InChI is InChI=1S/C19H19ClN4S/c1-13-11-14(2)24(23-13)12-15-7-9-16(10-8-15)21-19(25)22-18-6-4-3-5-17(18)20/h3-11H,12H2,1-2H3,(H2,21,22,25). The predicted octanol–water partition coefficient (Wildman–Crippen LogP) is 5.01. The van der Waals surface area contributed by atoms with Crippen molar-refractivity contribution in [3.05, 3.63) is 76.6 Å². The molecule has 0 saturated heterocycles. The van der Waals surface area contributed by atoms with E-state index in [1.165, 1.54) is 5.56 Å². The average Bonchev–Trinajstić information content (AvgIpc) is 2.89. The second kappa shape index (κ2) is 7.68. The SMILES string of the molecule is Cc1cc(C)n(Cc2ccc(NC(=S)Nc3ccccc3Cl)cc2)n1. The molecule has 0 radical (unpaired) electrons. The van der Waals surface area contributed by atoms with Crippen molar-refractivity contribution in [2.75, 3.05) is 10.6 Å². The molecule has 0 saturated carbocycles. The third-order valence-electron chi connectivity index (χ3n) is 3.77. The molecule has 1 aromatic heterocycles. The Morgan fingerprint density at radius 1 is 1.08 bits per heavy atom. The maximum Gasteiger partial charge on any atom is 0.175 e. The van der Waals surface area contributed by atoms with Gasteiger partial charge in [0.25, 0.3) is 0 Å².